The smallest absolute Gasteiger partial charge is 0.253 e. The summed E-state index contributed by atoms with van der Waals surface area (Å²) >= 11 is 2.75. The van der Waals surface area contributed by atoms with Crippen molar-refractivity contribution in [1.82, 2.24) is 24.4 Å². The normalized spacial score (nSPS) is 15.5. The standard InChI is InChI=1S/C18H19N5O3S3/c24-17(15-5-3-14(4-6-15)12-28-18-19-13-20-21-18)22-7-9-23(10-8-22)29(25,26)16-2-1-11-27-16/h1-6,11,13H,7-10,12H2,(H,19,20,21). The second-order valence-electron chi connectivity index (χ2n) is 6.40. The minimum absolute atomic E-state index is 0.0763. The highest BCUT2D eigenvalue weighted by Crippen LogP contribution is 2.23. The highest BCUT2D eigenvalue weighted by molar-refractivity contribution is 7.98. The molecule has 152 valence electrons. The van der Waals surface area contributed by atoms with E-state index in [1.807, 2.05) is 24.3 Å². The summed E-state index contributed by atoms with van der Waals surface area (Å²) in [4.78, 5) is 18.5. The minimum atomic E-state index is -3.46. The van der Waals surface area contributed by atoms with E-state index in [-0.39, 0.29) is 5.91 Å². The van der Waals surface area contributed by atoms with Gasteiger partial charge in [0.2, 0.25) is 0 Å². The van der Waals surface area contributed by atoms with Crippen LogP contribution in [0.4, 0.5) is 0 Å². The molecule has 0 atom stereocenters. The predicted octanol–water partition coefficient (Wildman–Crippen LogP) is 2.31. The molecule has 8 nitrogen and oxygen atoms in total. The molecule has 1 aliphatic heterocycles. The number of piperazine rings is 1. The van der Waals surface area contributed by atoms with Crippen LogP contribution in [0.2, 0.25) is 0 Å². The highest BCUT2D eigenvalue weighted by Gasteiger charge is 2.30. The van der Waals surface area contributed by atoms with Crippen molar-refractivity contribution in [2.75, 3.05) is 26.2 Å². The molecule has 29 heavy (non-hydrogen) atoms. The van der Waals surface area contributed by atoms with Crippen molar-refractivity contribution in [3.63, 3.8) is 0 Å². The number of thioether (sulfide) groups is 1. The van der Waals surface area contributed by atoms with Gasteiger partial charge in [-0.2, -0.15) is 9.40 Å². The minimum Gasteiger partial charge on any atom is -0.336 e. The number of carbonyl (C=O) groups is 1. The Hall–Kier alpha value is -2.21. The Morgan fingerprint density at radius 1 is 1.14 bits per heavy atom. The molecule has 1 amide bonds. The fraction of sp³-hybridized carbons (Fsp3) is 0.278. The summed E-state index contributed by atoms with van der Waals surface area (Å²) in [5.41, 5.74) is 1.68. The topological polar surface area (TPSA) is 99.3 Å². The predicted molar refractivity (Wildman–Crippen MR) is 111 cm³/mol. The van der Waals surface area contributed by atoms with Crippen molar-refractivity contribution in [3.8, 4) is 0 Å². The van der Waals surface area contributed by atoms with Gasteiger partial charge in [-0.25, -0.2) is 13.4 Å². The zero-order valence-corrected chi connectivity index (χ0v) is 17.8. The molecule has 0 unspecified atom stereocenters. The van der Waals surface area contributed by atoms with Crippen LogP contribution in [-0.2, 0) is 15.8 Å². The summed E-state index contributed by atoms with van der Waals surface area (Å²) in [6.45, 7) is 1.37. The first-order chi connectivity index (χ1) is 14.0. The quantitative estimate of drug-likeness (QED) is 0.580. The number of hydrogen-bond acceptors (Lipinski definition) is 7. The van der Waals surface area contributed by atoms with Crippen molar-refractivity contribution >= 4 is 39.0 Å². The lowest BCUT2D eigenvalue weighted by Crippen LogP contribution is -2.50. The van der Waals surface area contributed by atoms with Gasteiger partial charge in [-0.05, 0) is 29.1 Å². The third-order valence-electron chi connectivity index (χ3n) is 4.58. The fourth-order valence-corrected chi connectivity index (χ4v) is 6.31. The van der Waals surface area contributed by atoms with E-state index in [0.717, 1.165) is 16.5 Å². The van der Waals surface area contributed by atoms with Gasteiger partial charge in [-0.3, -0.25) is 9.89 Å². The van der Waals surface area contributed by atoms with Crippen LogP contribution in [0.1, 0.15) is 15.9 Å². The summed E-state index contributed by atoms with van der Waals surface area (Å²) < 4.78 is 27.0. The summed E-state index contributed by atoms with van der Waals surface area (Å²) in [5, 5.41) is 9.11. The average Bonchev–Trinajstić information content (AvgIpc) is 3.47. The molecule has 0 bridgehead atoms. The zero-order chi connectivity index (χ0) is 20.3. The number of sulfonamides is 1. The molecule has 4 rings (SSSR count). The van der Waals surface area contributed by atoms with Crippen LogP contribution in [0.3, 0.4) is 0 Å². The van der Waals surface area contributed by atoms with Crippen molar-refractivity contribution in [2.24, 2.45) is 0 Å². The number of nitrogens with one attached hydrogen (secondary N) is 1. The number of carbonyl (C=O) groups excluding carboxylic acids is 1. The molecule has 1 fully saturated rings. The van der Waals surface area contributed by atoms with Gasteiger partial charge in [0.05, 0.1) is 0 Å². The van der Waals surface area contributed by atoms with Gasteiger partial charge in [0.1, 0.15) is 10.5 Å². The van der Waals surface area contributed by atoms with E-state index >= 15 is 0 Å². The highest BCUT2D eigenvalue weighted by atomic mass is 32.2. The van der Waals surface area contributed by atoms with Crippen LogP contribution in [0.25, 0.3) is 0 Å². The first-order valence-electron chi connectivity index (χ1n) is 8.94. The molecule has 11 heteroatoms. The third-order valence-corrected chi connectivity index (χ3v) is 8.80. The van der Waals surface area contributed by atoms with E-state index in [1.165, 1.54) is 33.7 Å². The zero-order valence-electron chi connectivity index (χ0n) is 15.4. The monoisotopic (exact) mass is 449 g/mol. The van der Waals surface area contributed by atoms with E-state index in [9.17, 15) is 13.2 Å². The van der Waals surface area contributed by atoms with Gasteiger partial charge in [0, 0.05) is 37.5 Å². The Morgan fingerprint density at radius 2 is 1.90 bits per heavy atom. The van der Waals surface area contributed by atoms with Gasteiger partial charge >= 0.3 is 0 Å². The molecule has 0 saturated carbocycles. The first-order valence-corrected chi connectivity index (χ1v) is 12.2. The molecule has 1 aromatic carbocycles. The number of benzene rings is 1. The number of H-pyrrole nitrogens is 1. The summed E-state index contributed by atoms with van der Waals surface area (Å²) in [6.07, 6.45) is 1.47. The molecular weight excluding hydrogens is 430 g/mol. The summed E-state index contributed by atoms with van der Waals surface area (Å²) in [5.74, 6) is 0.649. The van der Waals surface area contributed by atoms with Gasteiger partial charge < -0.3 is 4.90 Å². The lowest BCUT2D eigenvalue weighted by atomic mass is 10.1. The lowest BCUT2D eigenvalue weighted by molar-refractivity contribution is 0.0698. The largest absolute Gasteiger partial charge is 0.336 e. The van der Waals surface area contributed by atoms with Crippen LogP contribution >= 0.6 is 23.1 Å². The molecular formula is C18H19N5O3S3. The number of aromatic amines is 1. The first kappa shape index (κ1) is 20.1. The molecule has 1 N–H and O–H groups in total. The van der Waals surface area contributed by atoms with Crippen LogP contribution in [0.15, 0.2) is 57.5 Å². The fourth-order valence-electron chi connectivity index (χ4n) is 3.01. The maximum absolute atomic E-state index is 12.8. The number of thiophene rings is 1. The molecule has 3 heterocycles. The number of aromatic nitrogens is 3. The number of nitrogens with zero attached hydrogens (tertiary/aromatic N) is 4. The summed E-state index contributed by atoms with van der Waals surface area (Å²) in [7, 11) is -3.46. The van der Waals surface area contributed by atoms with Crippen LogP contribution < -0.4 is 0 Å². The second-order valence-corrected chi connectivity index (χ2v) is 10.5. The van der Waals surface area contributed by atoms with Gasteiger partial charge in [-0.1, -0.05) is 30.0 Å². The van der Waals surface area contributed by atoms with E-state index in [4.69, 9.17) is 0 Å². The van der Waals surface area contributed by atoms with E-state index < -0.39 is 10.0 Å². The molecule has 0 aliphatic carbocycles. The van der Waals surface area contributed by atoms with E-state index in [0.29, 0.717) is 36.0 Å². The lowest BCUT2D eigenvalue weighted by Gasteiger charge is -2.33. The molecule has 2 aromatic heterocycles. The Balaban J connectivity index is 1.33. The Labute approximate surface area is 177 Å². The van der Waals surface area contributed by atoms with Crippen molar-refractivity contribution in [3.05, 3.63) is 59.2 Å². The second kappa shape index (κ2) is 8.66. The molecule has 1 saturated heterocycles. The maximum atomic E-state index is 12.8. The maximum Gasteiger partial charge on any atom is 0.253 e. The average molecular weight is 450 g/mol. The molecule has 1 aliphatic rings. The van der Waals surface area contributed by atoms with Crippen molar-refractivity contribution in [2.45, 2.75) is 15.1 Å². The van der Waals surface area contributed by atoms with E-state index in [1.54, 1.807) is 22.4 Å². The summed E-state index contributed by atoms with van der Waals surface area (Å²) in [6, 6.07) is 10.8. The van der Waals surface area contributed by atoms with Crippen LogP contribution in [0, 0.1) is 0 Å². The number of rotatable bonds is 6. The SMILES string of the molecule is O=C(c1ccc(CSc2ncn[nH]2)cc1)N1CCN(S(=O)(=O)c2cccs2)CC1. The molecule has 0 radical (unpaired) electrons. The van der Waals surface area contributed by atoms with Gasteiger partial charge in [0.25, 0.3) is 15.9 Å². The van der Waals surface area contributed by atoms with Crippen molar-refractivity contribution in [1.29, 1.82) is 0 Å². The van der Waals surface area contributed by atoms with Crippen LogP contribution in [0.5, 0.6) is 0 Å². The Bertz CT molecular complexity index is 1040. The van der Waals surface area contributed by atoms with Crippen LogP contribution in [-0.4, -0.2) is 64.9 Å². The van der Waals surface area contributed by atoms with Gasteiger partial charge in [0.15, 0.2) is 5.16 Å². The van der Waals surface area contributed by atoms with Crippen molar-refractivity contribution < 1.29 is 13.2 Å². The van der Waals surface area contributed by atoms with Gasteiger partial charge in [-0.15, -0.1) is 11.3 Å². The molecule has 0 spiro atoms. The Kier molecular flexibility index (Phi) is 5.99. The third kappa shape index (κ3) is 4.53. The number of hydrogen-bond donors (Lipinski definition) is 1. The van der Waals surface area contributed by atoms with E-state index in [2.05, 4.69) is 15.2 Å². The molecule has 3 aromatic rings. The Morgan fingerprint density at radius 3 is 2.52 bits per heavy atom. The number of amides is 1.